The first kappa shape index (κ1) is 15.3. The van der Waals surface area contributed by atoms with E-state index in [0.29, 0.717) is 16.4 Å². The number of fused-ring (bicyclic) bond motifs is 3. The summed E-state index contributed by atoms with van der Waals surface area (Å²) in [7, 11) is 0. The predicted molar refractivity (Wildman–Crippen MR) is 94.8 cm³/mol. The lowest BCUT2D eigenvalue weighted by molar-refractivity contribution is -0.117. The maximum absolute atomic E-state index is 12.4. The van der Waals surface area contributed by atoms with Crippen LogP contribution in [0.25, 0.3) is 16.6 Å². The molecular weight excluding hydrogens is 342 g/mol. The van der Waals surface area contributed by atoms with Crippen molar-refractivity contribution >= 4 is 39.7 Å². The van der Waals surface area contributed by atoms with Gasteiger partial charge in [-0.1, -0.05) is 29.8 Å². The van der Waals surface area contributed by atoms with Crippen LogP contribution in [0, 0.1) is 0 Å². The van der Waals surface area contributed by atoms with Crippen LogP contribution >= 0.6 is 11.6 Å². The van der Waals surface area contributed by atoms with Gasteiger partial charge in [0.2, 0.25) is 5.91 Å². The molecule has 2 heterocycles. The van der Waals surface area contributed by atoms with Crippen molar-refractivity contribution in [2.45, 2.75) is 6.54 Å². The lowest BCUT2D eigenvalue weighted by atomic mass is 10.2. The number of rotatable bonds is 3. The van der Waals surface area contributed by atoms with E-state index in [1.165, 1.54) is 10.7 Å². The van der Waals surface area contributed by atoms with Crippen LogP contribution < -0.4 is 11.0 Å². The van der Waals surface area contributed by atoms with Crippen molar-refractivity contribution in [1.82, 2.24) is 19.2 Å². The highest BCUT2D eigenvalue weighted by molar-refractivity contribution is 6.30. The Balaban J connectivity index is 1.67. The minimum absolute atomic E-state index is 0.207. The van der Waals surface area contributed by atoms with Crippen LogP contribution in [0.15, 0.2) is 59.7 Å². The molecule has 0 spiro atoms. The first-order valence-electron chi connectivity index (χ1n) is 7.50. The van der Waals surface area contributed by atoms with Crippen LogP contribution in [0.3, 0.4) is 0 Å². The highest BCUT2D eigenvalue weighted by atomic mass is 35.5. The number of nitrogens with one attached hydrogen (secondary N) is 1. The van der Waals surface area contributed by atoms with Crippen molar-refractivity contribution in [3.05, 3.63) is 70.4 Å². The van der Waals surface area contributed by atoms with E-state index in [4.69, 9.17) is 11.6 Å². The van der Waals surface area contributed by atoms with Crippen molar-refractivity contribution in [3.63, 3.8) is 0 Å². The van der Waals surface area contributed by atoms with Gasteiger partial charge in [0.05, 0.1) is 5.52 Å². The number of halogens is 1. The Kier molecular flexibility index (Phi) is 3.70. The molecule has 7 nitrogen and oxygen atoms in total. The zero-order valence-corrected chi connectivity index (χ0v) is 13.6. The molecule has 0 aliphatic heterocycles. The molecule has 0 atom stereocenters. The fraction of sp³-hybridized carbons (Fsp3) is 0.0588. The van der Waals surface area contributed by atoms with Crippen molar-refractivity contribution < 1.29 is 4.79 Å². The quantitative estimate of drug-likeness (QED) is 0.613. The van der Waals surface area contributed by atoms with Crippen LogP contribution in [-0.2, 0) is 11.3 Å². The Hall–Kier alpha value is -3.19. The van der Waals surface area contributed by atoms with E-state index in [9.17, 15) is 9.59 Å². The second kappa shape index (κ2) is 6.03. The molecule has 1 amide bonds. The van der Waals surface area contributed by atoms with E-state index in [2.05, 4.69) is 15.4 Å². The number of aromatic nitrogens is 4. The number of hydrogen-bond donors (Lipinski definition) is 1. The predicted octanol–water partition coefficient (Wildman–Crippen LogP) is 2.34. The number of amides is 1. The molecular formula is C17H12ClN5O2. The molecule has 0 aliphatic rings. The van der Waals surface area contributed by atoms with Gasteiger partial charge in [0, 0.05) is 16.1 Å². The lowest BCUT2D eigenvalue weighted by Crippen LogP contribution is -2.28. The number of carbonyl (C=O) groups is 1. The van der Waals surface area contributed by atoms with Gasteiger partial charge in [0.25, 0.3) is 0 Å². The Morgan fingerprint density at radius 2 is 2.00 bits per heavy atom. The molecule has 0 radical (unpaired) electrons. The summed E-state index contributed by atoms with van der Waals surface area (Å²) in [5.41, 5.74) is 1.33. The second-order valence-corrected chi connectivity index (χ2v) is 5.89. The topological polar surface area (TPSA) is 81.3 Å². The summed E-state index contributed by atoms with van der Waals surface area (Å²) >= 11 is 5.89. The van der Waals surface area contributed by atoms with Crippen LogP contribution in [0.4, 0.5) is 5.69 Å². The average Bonchev–Trinajstić information content (AvgIpc) is 2.91. The molecule has 2 aromatic carbocycles. The number of anilines is 1. The summed E-state index contributed by atoms with van der Waals surface area (Å²) in [4.78, 5) is 28.9. The highest BCUT2D eigenvalue weighted by Crippen LogP contribution is 2.16. The Morgan fingerprint density at radius 3 is 2.84 bits per heavy atom. The largest absolute Gasteiger partial charge is 0.352 e. The van der Waals surface area contributed by atoms with Gasteiger partial charge in [-0.25, -0.2) is 18.9 Å². The van der Waals surface area contributed by atoms with E-state index in [-0.39, 0.29) is 12.5 Å². The smallest absolute Gasteiger partial charge is 0.324 e. The highest BCUT2D eigenvalue weighted by Gasteiger charge is 2.13. The zero-order chi connectivity index (χ0) is 17.4. The summed E-state index contributed by atoms with van der Waals surface area (Å²) in [6, 6.07) is 14.2. The lowest BCUT2D eigenvalue weighted by Gasteiger charge is -2.04. The molecule has 124 valence electrons. The molecule has 1 N–H and O–H groups in total. The van der Waals surface area contributed by atoms with Gasteiger partial charge in [0.15, 0.2) is 5.65 Å². The van der Waals surface area contributed by atoms with Crippen molar-refractivity contribution in [3.8, 4) is 0 Å². The molecule has 0 fully saturated rings. The zero-order valence-electron chi connectivity index (χ0n) is 12.9. The van der Waals surface area contributed by atoms with Crippen LogP contribution in [0.5, 0.6) is 0 Å². The summed E-state index contributed by atoms with van der Waals surface area (Å²) < 4.78 is 2.44. The molecule has 4 rings (SSSR count). The molecule has 25 heavy (non-hydrogen) atoms. The molecule has 2 aromatic heterocycles. The Bertz CT molecular complexity index is 1160. The van der Waals surface area contributed by atoms with Crippen LogP contribution in [0.2, 0.25) is 5.02 Å². The minimum atomic E-state index is -0.422. The number of para-hydroxylation sites is 1. The molecule has 8 heteroatoms. The molecule has 0 saturated carbocycles. The first-order chi connectivity index (χ1) is 12.1. The van der Waals surface area contributed by atoms with Gasteiger partial charge in [-0.15, -0.1) is 5.10 Å². The van der Waals surface area contributed by atoms with E-state index in [1.54, 1.807) is 24.3 Å². The Labute approximate surface area is 146 Å². The van der Waals surface area contributed by atoms with Gasteiger partial charge in [-0.05, 0) is 30.3 Å². The Morgan fingerprint density at radius 1 is 1.16 bits per heavy atom. The summed E-state index contributed by atoms with van der Waals surface area (Å²) in [6.45, 7) is -0.207. The third-order valence-corrected chi connectivity index (χ3v) is 3.96. The number of hydrogen-bond acceptors (Lipinski definition) is 4. The maximum atomic E-state index is 12.4. The summed E-state index contributed by atoms with van der Waals surface area (Å²) in [5.74, 6) is -0.370. The van der Waals surface area contributed by atoms with Crippen LogP contribution in [-0.4, -0.2) is 25.1 Å². The van der Waals surface area contributed by atoms with E-state index >= 15 is 0 Å². The molecule has 0 bridgehead atoms. The fourth-order valence-corrected chi connectivity index (χ4v) is 2.80. The second-order valence-electron chi connectivity index (χ2n) is 5.45. The van der Waals surface area contributed by atoms with Gasteiger partial charge in [0.1, 0.15) is 12.9 Å². The van der Waals surface area contributed by atoms with Gasteiger partial charge in [-0.2, -0.15) is 0 Å². The van der Waals surface area contributed by atoms with E-state index in [1.807, 2.05) is 24.3 Å². The first-order valence-corrected chi connectivity index (χ1v) is 7.88. The molecule has 4 aromatic rings. The number of nitrogens with zero attached hydrogens (tertiary/aromatic N) is 4. The van der Waals surface area contributed by atoms with Gasteiger partial charge < -0.3 is 5.32 Å². The molecule has 0 aliphatic carbocycles. The van der Waals surface area contributed by atoms with Crippen molar-refractivity contribution in [1.29, 1.82) is 0 Å². The van der Waals surface area contributed by atoms with Crippen molar-refractivity contribution in [2.75, 3.05) is 5.32 Å². The minimum Gasteiger partial charge on any atom is -0.324 e. The average molecular weight is 354 g/mol. The fourth-order valence-electron chi connectivity index (χ4n) is 2.61. The van der Waals surface area contributed by atoms with Crippen LogP contribution in [0.1, 0.15) is 0 Å². The molecule has 0 unspecified atom stereocenters. The SMILES string of the molecule is O=C(Cn1nc2c3ccccc3ncn2c1=O)Nc1cccc(Cl)c1. The van der Waals surface area contributed by atoms with Gasteiger partial charge in [-0.3, -0.25) is 4.79 Å². The monoisotopic (exact) mass is 353 g/mol. The van der Waals surface area contributed by atoms with Crippen molar-refractivity contribution in [2.24, 2.45) is 0 Å². The third kappa shape index (κ3) is 2.85. The number of benzene rings is 2. The summed E-state index contributed by atoms with van der Waals surface area (Å²) in [5, 5.41) is 8.23. The molecule has 0 saturated heterocycles. The van der Waals surface area contributed by atoms with E-state index in [0.717, 1.165) is 15.6 Å². The normalized spacial score (nSPS) is 11.1. The standard InChI is InChI=1S/C17H12ClN5O2/c18-11-4-3-5-12(8-11)20-15(24)9-23-17(25)22-10-19-14-7-2-1-6-13(14)16(22)21-23/h1-8,10H,9H2,(H,20,24). The number of carbonyl (C=O) groups excluding carboxylic acids is 1. The van der Waals surface area contributed by atoms with Gasteiger partial charge >= 0.3 is 5.69 Å². The summed E-state index contributed by atoms with van der Waals surface area (Å²) in [6.07, 6.45) is 1.42. The third-order valence-electron chi connectivity index (χ3n) is 3.73. The van der Waals surface area contributed by atoms with E-state index < -0.39 is 5.69 Å². The maximum Gasteiger partial charge on any atom is 0.352 e.